The predicted molar refractivity (Wildman–Crippen MR) is 53.8 cm³/mol. The van der Waals surface area contributed by atoms with Crippen LogP contribution < -0.4 is 5.73 Å². The van der Waals surface area contributed by atoms with Crippen LogP contribution in [0.2, 0.25) is 0 Å². The summed E-state index contributed by atoms with van der Waals surface area (Å²) in [5, 5.41) is 0. The molecule has 0 aromatic carbocycles. The summed E-state index contributed by atoms with van der Waals surface area (Å²) in [4.78, 5) is 4.32. The fourth-order valence-corrected chi connectivity index (χ4v) is 1.92. The van der Waals surface area contributed by atoms with Crippen molar-refractivity contribution >= 4 is 0 Å². The molecule has 0 saturated carbocycles. The van der Waals surface area contributed by atoms with Crippen molar-refractivity contribution in [2.24, 2.45) is 5.73 Å². The lowest BCUT2D eigenvalue weighted by Gasteiger charge is -2.28. The largest absolute Gasteiger partial charge is 0.369 e. The highest BCUT2D eigenvalue weighted by molar-refractivity contribution is 5.01. The van der Waals surface area contributed by atoms with Gasteiger partial charge in [0.15, 0.2) is 0 Å². The summed E-state index contributed by atoms with van der Waals surface area (Å²) in [6.45, 7) is 3.82. The van der Waals surface area contributed by atoms with Crippen LogP contribution in [0.25, 0.3) is 0 Å². The lowest BCUT2D eigenvalue weighted by Crippen LogP contribution is -2.36. The van der Waals surface area contributed by atoms with Crippen LogP contribution in [0.1, 0.15) is 31.7 Å². The third kappa shape index (κ3) is 1.67. The molecule has 2 heterocycles. The number of imidazole rings is 1. The van der Waals surface area contributed by atoms with Crippen molar-refractivity contribution in [3.8, 4) is 0 Å². The molecular weight excluding hydrogens is 178 g/mol. The number of nitrogens with two attached hydrogens (primary N) is 1. The van der Waals surface area contributed by atoms with E-state index in [0.717, 1.165) is 31.8 Å². The van der Waals surface area contributed by atoms with E-state index in [9.17, 15) is 0 Å². The maximum absolute atomic E-state index is 6.02. The smallest absolute Gasteiger partial charge is 0.139 e. The Balaban J connectivity index is 2.20. The second-order valence-electron chi connectivity index (χ2n) is 3.67. The predicted octanol–water partition coefficient (Wildman–Crippen LogP) is 1.08. The van der Waals surface area contributed by atoms with Gasteiger partial charge in [0.2, 0.25) is 0 Å². The lowest BCUT2D eigenvalue weighted by atomic mass is 10.0. The molecule has 2 rings (SSSR count). The Bertz CT molecular complexity index is 297. The zero-order valence-electron chi connectivity index (χ0n) is 8.52. The Labute approximate surface area is 84.1 Å². The second-order valence-corrected chi connectivity index (χ2v) is 3.67. The number of rotatable bonds is 2. The summed E-state index contributed by atoms with van der Waals surface area (Å²) in [5.41, 5.74) is 6.02. The van der Waals surface area contributed by atoms with E-state index in [4.69, 9.17) is 10.5 Å². The third-order valence-corrected chi connectivity index (χ3v) is 2.71. The number of hydrogen-bond acceptors (Lipinski definition) is 3. The molecule has 0 unspecified atom stereocenters. The molecule has 78 valence electrons. The summed E-state index contributed by atoms with van der Waals surface area (Å²) in [6, 6.07) is 0.0939. The van der Waals surface area contributed by atoms with Gasteiger partial charge in [0, 0.05) is 31.6 Å². The maximum atomic E-state index is 6.02. The second kappa shape index (κ2) is 4.11. The van der Waals surface area contributed by atoms with Crippen LogP contribution in [0.5, 0.6) is 0 Å². The Morgan fingerprint density at radius 1 is 1.71 bits per heavy atom. The molecule has 4 nitrogen and oxygen atoms in total. The molecule has 0 spiro atoms. The molecule has 0 radical (unpaired) electrons. The Hall–Kier alpha value is -0.870. The maximum Gasteiger partial charge on any atom is 0.139 e. The Morgan fingerprint density at radius 2 is 2.57 bits per heavy atom. The molecule has 2 N–H and O–H groups in total. The molecular formula is C10H17N3O. The molecule has 14 heavy (non-hydrogen) atoms. The Morgan fingerprint density at radius 3 is 3.29 bits per heavy atom. The molecule has 0 bridgehead atoms. The average molecular weight is 195 g/mol. The SMILES string of the molecule is CCn1ccnc1[C@H]1OCCC[C@@H]1N. The van der Waals surface area contributed by atoms with E-state index < -0.39 is 0 Å². The lowest BCUT2D eigenvalue weighted by molar-refractivity contribution is -0.00711. The van der Waals surface area contributed by atoms with Crippen LogP contribution in [0.4, 0.5) is 0 Å². The fraction of sp³-hybridized carbons (Fsp3) is 0.700. The van der Waals surface area contributed by atoms with Crippen molar-refractivity contribution in [1.82, 2.24) is 9.55 Å². The Kier molecular flexibility index (Phi) is 2.84. The molecule has 4 heteroatoms. The molecule has 0 aliphatic carbocycles. The van der Waals surface area contributed by atoms with Gasteiger partial charge in [-0.05, 0) is 19.8 Å². The number of hydrogen-bond donors (Lipinski definition) is 1. The highest BCUT2D eigenvalue weighted by Gasteiger charge is 2.27. The minimum atomic E-state index is -0.0151. The van der Waals surface area contributed by atoms with Crippen LogP contribution in [0, 0.1) is 0 Å². The highest BCUT2D eigenvalue weighted by atomic mass is 16.5. The summed E-state index contributed by atoms with van der Waals surface area (Å²) in [7, 11) is 0. The van der Waals surface area contributed by atoms with Crippen LogP contribution in [0.3, 0.4) is 0 Å². The quantitative estimate of drug-likeness (QED) is 0.768. The molecule has 0 amide bonds. The molecule has 2 atom stereocenters. The summed E-state index contributed by atoms with van der Waals surface area (Å²) in [5.74, 6) is 0.972. The summed E-state index contributed by atoms with van der Waals surface area (Å²) >= 11 is 0. The molecule has 1 aromatic heterocycles. The van der Waals surface area contributed by atoms with E-state index in [1.807, 2.05) is 12.4 Å². The van der Waals surface area contributed by atoms with E-state index >= 15 is 0 Å². The topological polar surface area (TPSA) is 53.1 Å². The number of aryl methyl sites for hydroxylation is 1. The molecule has 1 fully saturated rings. The first kappa shape index (κ1) is 9.68. The molecule has 1 aromatic rings. The van der Waals surface area contributed by atoms with Crippen LogP contribution in [-0.4, -0.2) is 22.2 Å². The van der Waals surface area contributed by atoms with Crippen LogP contribution >= 0.6 is 0 Å². The van der Waals surface area contributed by atoms with E-state index in [2.05, 4.69) is 16.5 Å². The van der Waals surface area contributed by atoms with Crippen LogP contribution in [0.15, 0.2) is 12.4 Å². The van der Waals surface area contributed by atoms with Gasteiger partial charge in [-0.15, -0.1) is 0 Å². The highest BCUT2D eigenvalue weighted by Crippen LogP contribution is 2.25. The van der Waals surface area contributed by atoms with E-state index in [0.29, 0.717) is 0 Å². The van der Waals surface area contributed by atoms with Gasteiger partial charge < -0.3 is 15.0 Å². The van der Waals surface area contributed by atoms with Crippen molar-refractivity contribution in [2.45, 2.75) is 38.5 Å². The number of ether oxygens (including phenoxy) is 1. The van der Waals surface area contributed by atoms with Gasteiger partial charge in [0.05, 0.1) is 0 Å². The summed E-state index contributed by atoms with van der Waals surface area (Å²) in [6.07, 6.45) is 5.86. The van der Waals surface area contributed by atoms with Gasteiger partial charge in [0.1, 0.15) is 11.9 Å². The van der Waals surface area contributed by atoms with Gasteiger partial charge >= 0.3 is 0 Å². The minimum absolute atomic E-state index is 0.0151. The van der Waals surface area contributed by atoms with Crippen LogP contribution in [-0.2, 0) is 11.3 Å². The number of nitrogens with zero attached hydrogens (tertiary/aromatic N) is 2. The van der Waals surface area contributed by atoms with Gasteiger partial charge in [-0.25, -0.2) is 4.98 Å². The van der Waals surface area contributed by atoms with Crippen molar-refractivity contribution in [3.63, 3.8) is 0 Å². The molecule has 1 saturated heterocycles. The molecule has 1 aliphatic rings. The average Bonchev–Trinajstić information content (AvgIpc) is 2.66. The number of aromatic nitrogens is 2. The van der Waals surface area contributed by atoms with E-state index in [-0.39, 0.29) is 12.1 Å². The van der Waals surface area contributed by atoms with Crippen molar-refractivity contribution < 1.29 is 4.74 Å². The first-order valence-electron chi connectivity index (χ1n) is 5.21. The molecule has 1 aliphatic heterocycles. The van der Waals surface area contributed by atoms with Crippen molar-refractivity contribution in [3.05, 3.63) is 18.2 Å². The fourth-order valence-electron chi connectivity index (χ4n) is 1.92. The van der Waals surface area contributed by atoms with Gasteiger partial charge in [-0.1, -0.05) is 0 Å². The standard InChI is InChI=1S/C10H17N3O/c1-2-13-6-5-12-10(13)9-8(11)4-3-7-14-9/h5-6,8-9H,2-4,7,11H2,1H3/t8-,9-/m0/s1. The summed E-state index contributed by atoms with van der Waals surface area (Å²) < 4.78 is 7.76. The monoisotopic (exact) mass is 195 g/mol. The van der Waals surface area contributed by atoms with Crippen molar-refractivity contribution in [1.29, 1.82) is 0 Å². The van der Waals surface area contributed by atoms with Gasteiger partial charge in [-0.2, -0.15) is 0 Å². The third-order valence-electron chi connectivity index (χ3n) is 2.71. The first-order valence-corrected chi connectivity index (χ1v) is 5.21. The van der Waals surface area contributed by atoms with E-state index in [1.54, 1.807) is 0 Å². The normalized spacial score (nSPS) is 27.9. The van der Waals surface area contributed by atoms with Gasteiger partial charge in [-0.3, -0.25) is 0 Å². The first-order chi connectivity index (χ1) is 6.83. The minimum Gasteiger partial charge on any atom is -0.369 e. The van der Waals surface area contributed by atoms with Crippen molar-refractivity contribution in [2.75, 3.05) is 6.61 Å². The zero-order chi connectivity index (χ0) is 9.97. The van der Waals surface area contributed by atoms with E-state index in [1.165, 1.54) is 0 Å². The zero-order valence-corrected chi connectivity index (χ0v) is 8.52. The van der Waals surface area contributed by atoms with Gasteiger partial charge in [0.25, 0.3) is 0 Å².